The van der Waals surface area contributed by atoms with E-state index in [1.54, 1.807) is 29.1 Å². The van der Waals surface area contributed by atoms with Gasteiger partial charge in [0.05, 0.1) is 22.9 Å². The van der Waals surface area contributed by atoms with E-state index < -0.39 is 0 Å². The molecule has 0 amide bonds. The van der Waals surface area contributed by atoms with Crippen molar-refractivity contribution in [1.29, 1.82) is 0 Å². The van der Waals surface area contributed by atoms with Crippen LogP contribution in [0, 0.1) is 4.77 Å². The fourth-order valence-corrected chi connectivity index (χ4v) is 2.68. The van der Waals surface area contributed by atoms with Crippen molar-refractivity contribution in [3.63, 3.8) is 0 Å². The molecule has 0 fully saturated rings. The molecule has 0 saturated heterocycles. The van der Waals surface area contributed by atoms with Crippen LogP contribution >= 0.6 is 35.4 Å². The van der Waals surface area contributed by atoms with Gasteiger partial charge in [-0.3, -0.25) is 0 Å². The molecule has 1 aromatic heterocycles. The van der Waals surface area contributed by atoms with Crippen molar-refractivity contribution in [2.24, 2.45) is 5.10 Å². The number of aromatic amines is 1. The molecule has 2 aromatic carbocycles. The fourth-order valence-electron chi connectivity index (χ4n) is 2.20. The van der Waals surface area contributed by atoms with Crippen molar-refractivity contribution >= 4 is 41.6 Å². The highest BCUT2D eigenvalue weighted by molar-refractivity contribution is 7.71. The van der Waals surface area contributed by atoms with E-state index in [9.17, 15) is 0 Å². The summed E-state index contributed by atoms with van der Waals surface area (Å²) < 4.78 is 7.41. The zero-order valence-electron chi connectivity index (χ0n) is 13.7. The van der Waals surface area contributed by atoms with Crippen LogP contribution in [0.15, 0.2) is 47.6 Å². The number of nitrogens with zero attached hydrogens (tertiary/aromatic N) is 3. The third-order valence-electron chi connectivity index (χ3n) is 3.41. The van der Waals surface area contributed by atoms with Gasteiger partial charge in [-0.2, -0.15) is 14.9 Å². The van der Waals surface area contributed by atoms with Crippen LogP contribution in [-0.4, -0.2) is 27.7 Å². The first-order chi connectivity index (χ1) is 12.6. The maximum Gasteiger partial charge on any atom is 0.216 e. The molecule has 9 heteroatoms. The second-order valence-electron chi connectivity index (χ2n) is 5.18. The van der Waals surface area contributed by atoms with E-state index >= 15 is 0 Å². The molecule has 0 aliphatic heterocycles. The number of aromatic nitrogens is 3. The van der Waals surface area contributed by atoms with E-state index in [-0.39, 0.29) is 0 Å². The summed E-state index contributed by atoms with van der Waals surface area (Å²) in [6, 6.07) is 12.8. The second-order valence-corrected chi connectivity index (χ2v) is 6.38. The highest BCUT2D eigenvalue weighted by Gasteiger charge is 2.08. The topological polar surface area (TPSA) is 67.2 Å². The van der Waals surface area contributed by atoms with Gasteiger partial charge >= 0.3 is 0 Å². The Balaban J connectivity index is 1.80. The number of hydrazone groups is 1. The predicted octanol–water partition coefficient (Wildman–Crippen LogP) is 4.89. The Bertz CT molecular complexity index is 982. The molecular weight excluding hydrogens is 393 g/mol. The lowest BCUT2D eigenvalue weighted by atomic mass is 10.2. The van der Waals surface area contributed by atoms with E-state index in [0.29, 0.717) is 27.2 Å². The lowest BCUT2D eigenvalue weighted by Gasteiger charge is -2.07. The molecule has 0 aliphatic rings. The van der Waals surface area contributed by atoms with Crippen LogP contribution in [-0.2, 0) is 0 Å². The quantitative estimate of drug-likeness (QED) is 0.346. The summed E-state index contributed by atoms with van der Waals surface area (Å²) in [5.41, 5.74) is 4.52. The maximum absolute atomic E-state index is 6.00. The standard InChI is InChI=1S/C17H15Cl2N5OS/c1-2-25-13-6-4-12(5-7-13)16-21-22-17(26)24(16)23-20-10-11-3-8-14(18)15(19)9-11/h3-10,23H,2H2,1H3,(H,22,26). The number of ether oxygens (including phenoxy) is 1. The molecule has 3 rings (SSSR count). The Morgan fingerprint density at radius 1 is 1.23 bits per heavy atom. The molecule has 0 unspecified atom stereocenters. The van der Waals surface area contributed by atoms with Crippen LogP contribution < -0.4 is 10.3 Å². The zero-order valence-corrected chi connectivity index (χ0v) is 16.1. The molecule has 0 atom stereocenters. The van der Waals surface area contributed by atoms with Crippen molar-refractivity contribution in [1.82, 2.24) is 14.9 Å². The third-order valence-corrected chi connectivity index (χ3v) is 4.42. The van der Waals surface area contributed by atoms with Gasteiger partial charge in [0.1, 0.15) is 5.75 Å². The molecule has 0 aliphatic carbocycles. The zero-order chi connectivity index (χ0) is 18.5. The minimum atomic E-state index is 0.389. The van der Waals surface area contributed by atoms with Gasteiger partial charge in [0, 0.05) is 5.56 Å². The number of nitrogens with one attached hydrogen (secondary N) is 2. The van der Waals surface area contributed by atoms with Gasteiger partial charge in [0.15, 0.2) is 5.82 Å². The van der Waals surface area contributed by atoms with Crippen molar-refractivity contribution in [3.8, 4) is 17.1 Å². The molecule has 0 saturated carbocycles. The Hall–Kier alpha value is -2.35. The Morgan fingerprint density at radius 2 is 2.00 bits per heavy atom. The van der Waals surface area contributed by atoms with Crippen LogP contribution in [0.5, 0.6) is 5.75 Å². The Morgan fingerprint density at radius 3 is 2.69 bits per heavy atom. The molecule has 3 aromatic rings. The number of H-pyrrole nitrogens is 1. The van der Waals surface area contributed by atoms with E-state index in [4.69, 9.17) is 40.2 Å². The summed E-state index contributed by atoms with van der Waals surface area (Å²) >= 11 is 17.2. The van der Waals surface area contributed by atoms with Crippen molar-refractivity contribution in [2.45, 2.75) is 6.92 Å². The van der Waals surface area contributed by atoms with Crippen molar-refractivity contribution in [3.05, 3.63) is 62.8 Å². The van der Waals surface area contributed by atoms with Crippen LogP contribution in [0.25, 0.3) is 11.4 Å². The van der Waals surface area contributed by atoms with Gasteiger partial charge < -0.3 is 4.74 Å². The molecule has 0 bridgehead atoms. The molecule has 2 N–H and O–H groups in total. The normalized spacial score (nSPS) is 11.0. The predicted molar refractivity (Wildman–Crippen MR) is 107 cm³/mol. The maximum atomic E-state index is 6.00. The van der Waals surface area contributed by atoms with E-state index in [1.807, 2.05) is 31.2 Å². The fraction of sp³-hybridized carbons (Fsp3) is 0.118. The van der Waals surface area contributed by atoms with Crippen LogP contribution in [0.3, 0.4) is 0 Å². The summed E-state index contributed by atoms with van der Waals surface area (Å²) in [5.74, 6) is 1.40. The molecule has 134 valence electrons. The Labute approximate surface area is 165 Å². The SMILES string of the molecule is CCOc1ccc(-c2n[nH]c(=S)n2NN=Cc2ccc(Cl)c(Cl)c2)cc1. The van der Waals surface area contributed by atoms with Gasteiger partial charge in [-0.05, 0) is 61.1 Å². The third kappa shape index (κ3) is 4.24. The number of rotatable bonds is 6. The van der Waals surface area contributed by atoms with E-state index in [0.717, 1.165) is 16.9 Å². The highest BCUT2D eigenvalue weighted by atomic mass is 35.5. The van der Waals surface area contributed by atoms with Crippen molar-refractivity contribution in [2.75, 3.05) is 12.1 Å². The van der Waals surface area contributed by atoms with E-state index in [1.165, 1.54) is 0 Å². The molecule has 0 spiro atoms. The first kappa shape index (κ1) is 18.4. The van der Waals surface area contributed by atoms with Gasteiger partial charge in [0.2, 0.25) is 4.77 Å². The highest BCUT2D eigenvalue weighted by Crippen LogP contribution is 2.22. The number of hydrogen-bond donors (Lipinski definition) is 2. The lowest BCUT2D eigenvalue weighted by Crippen LogP contribution is -2.10. The number of hydrogen-bond acceptors (Lipinski definition) is 5. The average Bonchev–Trinajstić information content (AvgIpc) is 3.00. The van der Waals surface area contributed by atoms with Crippen LogP contribution in [0.2, 0.25) is 10.0 Å². The summed E-state index contributed by atoms with van der Waals surface area (Å²) in [5, 5.41) is 12.1. The number of halogens is 2. The molecule has 6 nitrogen and oxygen atoms in total. The van der Waals surface area contributed by atoms with Gasteiger partial charge in [-0.25, -0.2) is 10.6 Å². The van der Waals surface area contributed by atoms with Gasteiger partial charge in [-0.15, -0.1) is 0 Å². The van der Waals surface area contributed by atoms with Gasteiger partial charge in [-0.1, -0.05) is 29.3 Å². The first-order valence-electron chi connectivity index (χ1n) is 7.73. The summed E-state index contributed by atoms with van der Waals surface area (Å²) in [7, 11) is 0. The largest absolute Gasteiger partial charge is 0.494 e. The van der Waals surface area contributed by atoms with Crippen LogP contribution in [0.1, 0.15) is 12.5 Å². The van der Waals surface area contributed by atoms with Gasteiger partial charge in [0.25, 0.3) is 0 Å². The summed E-state index contributed by atoms with van der Waals surface area (Å²) in [4.78, 5) is 0. The molecule has 26 heavy (non-hydrogen) atoms. The molecular formula is C17H15Cl2N5OS. The smallest absolute Gasteiger partial charge is 0.216 e. The average molecular weight is 408 g/mol. The monoisotopic (exact) mass is 407 g/mol. The first-order valence-corrected chi connectivity index (χ1v) is 8.89. The Kier molecular flexibility index (Phi) is 5.92. The minimum Gasteiger partial charge on any atom is -0.494 e. The number of benzene rings is 2. The van der Waals surface area contributed by atoms with Crippen molar-refractivity contribution < 1.29 is 4.74 Å². The van der Waals surface area contributed by atoms with Crippen LogP contribution in [0.4, 0.5) is 0 Å². The lowest BCUT2D eigenvalue weighted by molar-refractivity contribution is 0.340. The molecule has 0 radical (unpaired) electrons. The second kappa shape index (κ2) is 8.35. The van der Waals surface area contributed by atoms with E-state index in [2.05, 4.69) is 20.8 Å². The summed E-state index contributed by atoms with van der Waals surface area (Å²) in [6.45, 7) is 2.55. The minimum absolute atomic E-state index is 0.389. The summed E-state index contributed by atoms with van der Waals surface area (Å²) in [6.07, 6.45) is 1.61. The molecule has 1 heterocycles.